The summed E-state index contributed by atoms with van der Waals surface area (Å²) in [6.45, 7) is 22.0. The Balaban J connectivity index is 2.41. The first-order chi connectivity index (χ1) is 13.5. The lowest BCUT2D eigenvalue weighted by Gasteiger charge is -2.37. The van der Waals surface area contributed by atoms with Crippen LogP contribution in [0.15, 0.2) is 23.8 Å². The Hall–Kier alpha value is -0.986. The third-order valence-corrected chi connectivity index (χ3v) is 16.4. The molecule has 1 atom stereocenters. The highest BCUT2D eigenvalue weighted by atomic mass is 28.4. The van der Waals surface area contributed by atoms with Crippen LogP contribution in [0.3, 0.4) is 0 Å². The van der Waals surface area contributed by atoms with Gasteiger partial charge in [0.25, 0.3) is 5.59 Å². The highest BCUT2D eigenvalue weighted by Gasteiger charge is 2.44. The Morgan fingerprint density at radius 1 is 1.07 bits per heavy atom. The molecule has 0 radical (unpaired) electrons. The molecule has 0 saturated heterocycles. The molecule has 0 aromatic heterocycles. The van der Waals surface area contributed by atoms with Crippen LogP contribution in [-0.2, 0) is 14.0 Å². The quantitative estimate of drug-likeness (QED) is 0.210. The third-order valence-electron chi connectivity index (χ3n) is 7.02. The van der Waals surface area contributed by atoms with E-state index in [-0.39, 0.29) is 27.6 Å². The van der Waals surface area contributed by atoms with Crippen LogP contribution in [0.4, 0.5) is 4.79 Å². The molecule has 30 heavy (non-hydrogen) atoms. The SMILES string of the molecule is CC(C)(C)[Si](C)(C)OC1C=C(C/C=C\CCCOC(=O)[Si](C)(C)C(C)(C)C)C(=O)C1. The van der Waals surface area contributed by atoms with Crippen molar-refractivity contribution in [1.29, 1.82) is 0 Å². The van der Waals surface area contributed by atoms with Gasteiger partial charge in [-0.15, -0.1) is 0 Å². The van der Waals surface area contributed by atoms with Crippen molar-refractivity contribution in [3.63, 3.8) is 0 Å². The highest BCUT2D eigenvalue weighted by Crippen LogP contribution is 2.39. The van der Waals surface area contributed by atoms with E-state index in [0.717, 1.165) is 18.4 Å². The Morgan fingerprint density at radius 3 is 2.20 bits per heavy atom. The summed E-state index contributed by atoms with van der Waals surface area (Å²) in [6, 6.07) is 0. The maximum absolute atomic E-state index is 12.4. The Bertz CT molecular complexity index is 676. The van der Waals surface area contributed by atoms with Crippen LogP contribution >= 0.6 is 0 Å². The molecule has 0 fully saturated rings. The van der Waals surface area contributed by atoms with E-state index in [1.54, 1.807) is 0 Å². The van der Waals surface area contributed by atoms with Crippen molar-refractivity contribution in [2.75, 3.05) is 6.61 Å². The van der Waals surface area contributed by atoms with Gasteiger partial charge < -0.3 is 9.16 Å². The summed E-state index contributed by atoms with van der Waals surface area (Å²) < 4.78 is 11.9. The van der Waals surface area contributed by atoms with Crippen LogP contribution in [0.5, 0.6) is 0 Å². The van der Waals surface area contributed by atoms with Crippen molar-refractivity contribution in [2.45, 2.75) is 110 Å². The molecule has 1 unspecified atom stereocenters. The van der Waals surface area contributed by atoms with E-state index >= 15 is 0 Å². The second-order valence-electron chi connectivity index (χ2n) is 11.6. The summed E-state index contributed by atoms with van der Waals surface area (Å²) >= 11 is 0. The maximum Gasteiger partial charge on any atom is 0.271 e. The molecular formula is C24H44O4Si2. The molecule has 0 aliphatic heterocycles. The van der Waals surface area contributed by atoms with Crippen LogP contribution in [0, 0.1) is 0 Å². The van der Waals surface area contributed by atoms with Gasteiger partial charge >= 0.3 is 0 Å². The number of unbranched alkanes of at least 4 members (excludes halogenated alkanes) is 1. The first-order valence-electron chi connectivity index (χ1n) is 11.2. The average molecular weight is 453 g/mol. The molecule has 1 aliphatic carbocycles. The molecule has 0 amide bonds. The van der Waals surface area contributed by atoms with Gasteiger partial charge in [0.05, 0.1) is 12.7 Å². The molecule has 0 aromatic rings. The smallest absolute Gasteiger partial charge is 0.271 e. The van der Waals surface area contributed by atoms with Crippen molar-refractivity contribution in [3.8, 4) is 0 Å². The van der Waals surface area contributed by atoms with Crippen molar-refractivity contribution in [3.05, 3.63) is 23.8 Å². The summed E-state index contributed by atoms with van der Waals surface area (Å²) in [5.41, 5.74) is 0.854. The molecule has 0 spiro atoms. The number of carbonyl (C=O) groups is 2. The van der Waals surface area contributed by atoms with Crippen molar-refractivity contribution in [1.82, 2.24) is 0 Å². The predicted octanol–water partition coefficient (Wildman–Crippen LogP) is 7.23. The van der Waals surface area contributed by atoms with E-state index in [0.29, 0.717) is 19.4 Å². The molecule has 0 N–H and O–H groups in total. The fourth-order valence-electron chi connectivity index (χ4n) is 2.68. The Morgan fingerprint density at radius 2 is 1.67 bits per heavy atom. The normalized spacial score (nSPS) is 18.8. The zero-order chi connectivity index (χ0) is 23.4. The number of hydrogen-bond donors (Lipinski definition) is 0. The molecule has 1 rings (SSSR count). The third kappa shape index (κ3) is 7.31. The van der Waals surface area contributed by atoms with Gasteiger partial charge in [-0.2, -0.15) is 0 Å². The fraction of sp³-hybridized carbons (Fsp3) is 0.750. The molecule has 0 bridgehead atoms. The number of rotatable bonds is 9. The maximum atomic E-state index is 12.4. The fourth-order valence-corrected chi connectivity index (χ4v) is 5.02. The van der Waals surface area contributed by atoms with E-state index in [1.165, 1.54) is 0 Å². The molecule has 6 heteroatoms. The van der Waals surface area contributed by atoms with Crippen LogP contribution in [0.25, 0.3) is 0 Å². The van der Waals surface area contributed by atoms with Crippen molar-refractivity contribution < 1.29 is 18.8 Å². The Labute approximate surface area is 186 Å². The topological polar surface area (TPSA) is 52.6 Å². The second-order valence-corrected chi connectivity index (χ2v) is 21.5. The Kier molecular flexibility index (Phi) is 9.10. The van der Waals surface area contributed by atoms with Crippen molar-refractivity contribution in [2.24, 2.45) is 0 Å². The second kappa shape index (κ2) is 10.1. The number of ketones is 1. The zero-order valence-corrected chi connectivity index (χ0v) is 23.0. The highest BCUT2D eigenvalue weighted by molar-refractivity contribution is 7.05. The molecule has 0 heterocycles. The minimum Gasteiger partial charge on any atom is -0.470 e. The number of carbonyl (C=O) groups excluding carboxylic acids is 2. The molecule has 4 nitrogen and oxygen atoms in total. The lowest BCUT2D eigenvalue weighted by Crippen LogP contribution is -2.46. The molecule has 1 aliphatic rings. The van der Waals surface area contributed by atoms with E-state index in [2.05, 4.69) is 73.8 Å². The van der Waals surface area contributed by atoms with Crippen LogP contribution in [-0.4, -0.2) is 40.5 Å². The number of ether oxygens (including phenoxy) is 1. The zero-order valence-electron chi connectivity index (χ0n) is 21.0. The molecular weight excluding hydrogens is 408 g/mol. The van der Waals surface area contributed by atoms with E-state index in [1.807, 2.05) is 12.2 Å². The van der Waals surface area contributed by atoms with Gasteiger partial charge in [0.15, 0.2) is 22.2 Å². The monoisotopic (exact) mass is 452 g/mol. The summed E-state index contributed by atoms with van der Waals surface area (Å²) in [5, 5.41) is 0.137. The minimum absolute atomic E-state index is 0.00230. The first kappa shape index (κ1) is 27.0. The summed E-state index contributed by atoms with van der Waals surface area (Å²) in [4.78, 5) is 24.7. The molecule has 0 aromatic carbocycles. The first-order valence-corrected chi connectivity index (χ1v) is 17.1. The van der Waals surface area contributed by atoms with E-state index < -0.39 is 16.4 Å². The van der Waals surface area contributed by atoms with Gasteiger partial charge in [-0.1, -0.05) is 66.8 Å². The van der Waals surface area contributed by atoms with Gasteiger partial charge in [0.2, 0.25) is 0 Å². The van der Waals surface area contributed by atoms with Gasteiger partial charge in [-0.3, -0.25) is 9.59 Å². The number of allylic oxidation sites excluding steroid dienone is 3. The largest absolute Gasteiger partial charge is 0.470 e. The van der Waals surface area contributed by atoms with Crippen LogP contribution in [0.1, 0.15) is 67.2 Å². The van der Waals surface area contributed by atoms with Gasteiger partial charge in [0.1, 0.15) is 0 Å². The summed E-state index contributed by atoms with van der Waals surface area (Å²) in [6.07, 6.45) is 8.85. The van der Waals surface area contributed by atoms with Gasteiger partial charge in [-0.05, 0) is 54.1 Å². The van der Waals surface area contributed by atoms with Crippen LogP contribution in [0.2, 0.25) is 36.3 Å². The lowest BCUT2D eigenvalue weighted by molar-refractivity contribution is -0.115. The summed E-state index contributed by atoms with van der Waals surface area (Å²) in [7, 11) is -3.95. The average Bonchev–Trinajstić information content (AvgIpc) is 2.90. The minimum atomic E-state index is -2.08. The van der Waals surface area contributed by atoms with Gasteiger partial charge in [-0.25, -0.2) is 0 Å². The lowest BCUT2D eigenvalue weighted by atomic mass is 10.1. The van der Waals surface area contributed by atoms with Gasteiger partial charge in [0, 0.05) is 6.42 Å². The molecule has 172 valence electrons. The molecule has 0 saturated carbocycles. The summed E-state index contributed by atoms with van der Waals surface area (Å²) in [5.74, 6) is 0.201. The van der Waals surface area contributed by atoms with Crippen LogP contribution < -0.4 is 0 Å². The van der Waals surface area contributed by atoms with E-state index in [4.69, 9.17) is 9.16 Å². The van der Waals surface area contributed by atoms with E-state index in [9.17, 15) is 9.59 Å². The standard InChI is InChI=1S/C24H44O4Si2/c1-23(2,3)29(7,8)22(26)27-16-14-12-11-13-15-19-17-20(18-21(19)25)28-30(9,10)24(4,5)6/h11,13,17,20H,12,14-16,18H2,1-10H3/b13-11-. The number of Topliss-reactive ketones (excluding diaryl/α,β-unsaturated/α-hetero) is 1. The van der Waals surface area contributed by atoms with Crippen molar-refractivity contribution >= 4 is 27.8 Å². The predicted molar refractivity (Wildman–Crippen MR) is 131 cm³/mol. The number of hydrogen-bond acceptors (Lipinski definition) is 4.